The molecule has 0 spiro atoms. The predicted octanol–water partition coefficient (Wildman–Crippen LogP) is -3.58. The van der Waals surface area contributed by atoms with Crippen molar-refractivity contribution in [3.63, 3.8) is 0 Å². The van der Waals surface area contributed by atoms with E-state index in [9.17, 15) is 19.2 Å². The Morgan fingerprint density at radius 3 is 2.04 bits per heavy atom. The standard InChI is InChI=1S/C15H23N3O8Se/c1-6(19)18-11-13(25-9(4)22)12(24-8(3)21)10(5-23-7(2)20)26-14(11)27-15(16)17/h10-14H,5H2,1-4H3,(H3,16,17)(H,18,19)/p+1/t10-,11-,12-,13-,14+/m1/s1. The molecule has 0 radical (unpaired) electrons. The minimum absolute atomic E-state index is 0.0848. The van der Waals surface area contributed by atoms with Crippen molar-refractivity contribution in [2.24, 2.45) is 5.73 Å². The molecule has 1 aliphatic rings. The Morgan fingerprint density at radius 1 is 1.04 bits per heavy atom. The molecule has 0 aliphatic carbocycles. The van der Waals surface area contributed by atoms with E-state index in [-0.39, 0.29) is 11.3 Å². The number of ether oxygens (including phenoxy) is 4. The molecule has 0 aromatic carbocycles. The van der Waals surface area contributed by atoms with Crippen LogP contribution in [0, 0.1) is 0 Å². The van der Waals surface area contributed by atoms with Crippen LogP contribution in [0.4, 0.5) is 0 Å². The van der Waals surface area contributed by atoms with E-state index in [4.69, 9.17) is 30.1 Å². The van der Waals surface area contributed by atoms with Crippen molar-refractivity contribution in [1.29, 1.82) is 0 Å². The Bertz CT molecular complexity index is 614. The number of esters is 3. The molecular weight excluding hydrogens is 429 g/mol. The number of carbonyl (C=O) groups excluding carboxylic acids is 4. The van der Waals surface area contributed by atoms with Crippen molar-refractivity contribution in [1.82, 2.24) is 5.32 Å². The molecule has 1 heterocycles. The van der Waals surface area contributed by atoms with Gasteiger partial charge in [-0.05, 0) is 0 Å². The Morgan fingerprint density at radius 2 is 1.59 bits per heavy atom. The SMILES string of the molecule is CC(=O)N[C@@H]1[C@@H](OC(C)=O)[C@H](OC(C)=O)[C@@H](COC(C)=O)O[C@H]1[Se]C(N)=[NH2+]. The number of nitrogens with one attached hydrogen (secondary N) is 1. The fourth-order valence-corrected chi connectivity index (χ4v) is 4.28. The average Bonchev–Trinajstić information content (AvgIpc) is 2.49. The van der Waals surface area contributed by atoms with Crippen LogP contribution in [0.15, 0.2) is 0 Å². The number of hydrogen-bond acceptors (Lipinski definition) is 8. The molecule has 1 rings (SSSR count). The Balaban J connectivity index is 3.29. The monoisotopic (exact) mass is 454 g/mol. The third kappa shape index (κ3) is 7.53. The van der Waals surface area contributed by atoms with Crippen LogP contribution in [0.5, 0.6) is 0 Å². The predicted molar refractivity (Wildman–Crippen MR) is 90.9 cm³/mol. The second-order valence-electron chi connectivity index (χ2n) is 5.74. The van der Waals surface area contributed by atoms with Gasteiger partial charge >= 0.3 is 162 Å². The summed E-state index contributed by atoms with van der Waals surface area (Å²) in [5, 5.41) is 7.48. The summed E-state index contributed by atoms with van der Waals surface area (Å²) in [4.78, 5) is 46.0. The molecule has 1 saturated heterocycles. The molecule has 11 nitrogen and oxygen atoms in total. The molecule has 12 heteroatoms. The number of rotatable bonds is 7. The normalized spacial score (nSPS) is 27.2. The topological polar surface area (TPSA) is 169 Å². The van der Waals surface area contributed by atoms with E-state index >= 15 is 0 Å². The summed E-state index contributed by atoms with van der Waals surface area (Å²) >= 11 is -0.624. The summed E-state index contributed by atoms with van der Waals surface area (Å²) in [7, 11) is 0. The Labute approximate surface area is 162 Å². The van der Waals surface area contributed by atoms with E-state index in [1.54, 1.807) is 0 Å². The molecule has 152 valence electrons. The first-order chi connectivity index (χ1) is 12.5. The molecule has 1 amide bonds. The second kappa shape index (κ2) is 10.2. The molecule has 0 aromatic rings. The molecule has 0 unspecified atom stereocenters. The quantitative estimate of drug-likeness (QED) is 0.116. The zero-order chi connectivity index (χ0) is 20.7. The number of nitrogens with two attached hydrogens (primary N) is 2. The van der Waals surface area contributed by atoms with Crippen LogP contribution in [-0.2, 0) is 38.1 Å². The van der Waals surface area contributed by atoms with Crippen molar-refractivity contribution in [2.75, 3.05) is 6.61 Å². The number of carbonyl (C=O) groups is 4. The van der Waals surface area contributed by atoms with E-state index in [1.165, 1.54) is 27.7 Å². The first kappa shape index (κ1) is 22.9. The summed E-state index contributed by atoms with van der Waals surface area (Å²) in [6.07, 6.45) is -3.15. The molecule has 0 saturated carbocycles. The third-order valence-electron chi connectivity index (χ3n) is 3.32. The van der Waals surface area contributed by atoms with Crippen LogP contribution in [0.3, 0.4) is 0 Å². The minimum atomic E-state index is -1.12. The molecule has 0 aromatic heterocycles. The first-order valence-electron chi connectivity index (χ1n) is 7.96. The zero-order valence-electron chi connectivity index (χ0n) is 15.4. The zero-order valence-corrected chi connectivity index (χ0v) is 17.1. The maximum atomic E-state index is 11.7. The summed E-state index contributed by atoms with van der Waals surface area (Å²) in [6, 6.07) is -0.869. The second-order valence-corrected chi connectivity index (χ2v) is 8.20. The van der Waals surface area contributed by atoms with Gasteiger partial charge in [-0.25, -0.2) is 0 Å². The van der Waals surface area contributed by atoms with Gasteiger partial charge in [0.1, 0.15) is 0 Å². The third-order valence-corrected chi connectivity index (χ3v) is 5.23. The molecular formula is C15H24N3O8Se+. The molecule has 1 aliphatic heterocycles. The van der Waals surface area contributed by atoms with Gasteiger partial charge in [0.15, 0.2) is 0 Å². The van der Waals surface area contributed by atoms with Crippen molar-refractivity contribution in [3.05, 3.63) is 0 Å². The van der Waals surface area contributed by atoms with E-state index < -0.39 is 68.1 Å². The van der Waals surface area contributed by atoms with Crippen LogP contribution < -0.4 is 16.5 Å². The Kier molecular flexibility index (Phi) is 8.67. The fraction of sp³-hybridized carbons (Fsp3) is 0.667. The van der Waals surface area contributed by atoms with Crippen LogP contribution >= 0.6 is 0 Å². The molecule has 27 heavy (non-hydrogen) atoms. The van der Waals surface area contributed by atoms with Gasteiger partial charge < -0.3 is 0 Å². The first-order valence-corrected chi connectivity index (χ1v) is 9.80. The van der Waals surface area contributed by atoms with Gasteiger partial charge in [-0.1, -0.05) is 0 Å². The van der Waals surface area contributed by atoms with Crippen molar-refractivity contribution in [3.8, 4) is 0 Å². The van der Waals surface area contributed by atoms with E-state index in [0.717, 1.165) is 0 Å². The van der Waals surface area contributed by atoms with Gasteiger partial charge in [0.05, 0.1) is 0 Å². The van der Waals surface area contributed by atoms with E-state index in [2.05, 4.69) is 5.32 Å². The van der Waals surface area contributed by atoms with Gasteiger partial charge in [0, 0.05) is 0 Å². The van der Waals surface area contributed by atoms with Gasteiger partial charge in [-0.15, -0.1) is 0 Å². The van der Waals surface area contributed by atoms with Gasteiger partial charge in [0.25, 0.3) is 0 Å². The number of amidine groups is 1. The molecule has 5 N–H and O–H groups in total. The Hall–Kier alpha value is -2.17. The summed E-state index contributed by atoms with van der Waals surface area (Å²) in [6.45, 7) is 4.57. The van der Waals surface area contributed by atoms with Crippen LogP contribution in [0.2, 0.25) is 0 Å². The molecule has 0 bridgehead atoms. The summed E-state index contributed by atoms with van der Waals surface area (Å²) in [5.41, 5.74) is 5.60. The fourth-order valence-electron chi connectivity index (χ4n) is 2.53. The van der Waals surface area contributed by atoms with Gasteiger partial charge in [-0.2, -0.15) is 0 Å². The van der Waals surface area contributed by atoms with Crippen molar-refractivity contribution in [2.45, 2.75) is 57.1 Å². The van der Waals surface area contributed by atoms with Crippen molar-refractivity contribution < 1.29 is 43.5 Å². The number of hydrogen-bond donors (Lipinski definition) is 3. The van der Waals surface area contributed by atoms with Crippen molar-refractivity contribution >= 4 is 43.5 Å². The van der Waals surface area contributed by atoms with E-state index in [1.807, 2.05) is 0 Å². The number of amides is 1. The van der Waals surface area contributed by atoms with Crippen LogP contribution in [0.1, 0.15) is 27.7 Å². The van der Waals surface area contributed by atoms with Crippen LogP contribution in [0.25, 0.3) is 0 Å². The van der Waals surface area contributed by atoms with Crippen LogP contribution in [-0.4, -0.2) is 79.5 Å². The summed E-state index contributed by atoms with van der Waals surface area (Å²) < 4.78 is 21.5. The van der Waals surface area contributed by atoms with Gasteiger partial charge in [0.2, 0.25) is 0 Å². The molecule has 1 fully saturated rings. The molecule has 5 atom stereocenters. The summed E-state index contributed by atoms with van der Waals surface area (Å²) in [5.74, 6) is -2.31. The van der Waals surface area contributed by atoms with Gasteiger partial charge in [-0.3, -0.25) is 0 Å². The van der Waals surface area contributed by atoms with E-state index in [0.29, 0.717) is 0 Å². The maximum absolute atomic E-state index is 11.7. The average molecular weight is 453 g/mol.